The lowest BCUT2D eigenvalue weighted by molar-refractivity contribution is 0.515. The van der Waals surface area contributed by atoms with Crippen molar-refractivity contribution < 1.29 is 13.2 Å². The molecule has 0 aliphatic rings. The molecule has 0 unspecified atom stereocenters. The molecule has 0 spiro atoms. The predicted octanol–water partition coefficient (Wildman–Crippen LogP) is 5.29. The number of fused-ring (bicyclic) bond motifs is 2. The van der Waals surface area contributed by atoms with Crippen LogP contribution in [0.15, 0.2) is 82.3 Å². The minimum Gasteiger partial charge on any atom is -0.464 e. The van der Waals surface area contributed by atoms with Gasteiger partial charge in [0.1, 0.15) is 11.4 Å². The molecular weight excluding hydrogens is 388 g/mol. The molecule has 0 bridgehead atoms. The second-order valence-corrected chi connectivity index (χ2v) is 6.83. The van der Waals surface area contributed by atoms with Crippen molar-refractivity contribution in [1.29, 1.82) is 0 Å². The van der Waals surface area contributed by atoms with Crippen molar-refractivity contribution in [3.8, 4) is 0 Å². The number of aromatic amines is 1. The monoisotopic (exact) mass is 403 g/mol. The highest BCUT2D eigenvalue weighted by Gasteiger charge is 2.19. The largest absolute Gasteiger partial charge is 0.464 e. The molecule has 1 N–H and O–H groups in total. The third-order valence-corrected chi connectivity index (χ3v) is 5.01. The topological polar surface area (TPSA) is 62.1 Å². The molecule has 0 atom stereocenters. The maximum Gasteiger partial charge on any atom is 0.248 e. The molecule has 3 heterocycles. The molecule has 0 saturated carbocycles. The molecule has 0 saturated heterocycles. The fraction of sp³-hybridized carbons (Fsp3) is 0.0435. The number of furan rings is 1. The van der Waals surface area contributed by atoms with Crippen molar-refractivity contribution in [3.63, 3.8) is 0 Å². The third kappa shape index (κ3) is 3.00. The zero-order chi connectivity index (χ0) is 20.7. The molecule has 3 aromatic heterocycles. The highest BCUT2D eigenvalue weighted by molar-refractivity contribution is 5.91. The van der Waals surface area contributed by atoms with Crippen molar-refractivity contribution in [2.45, 2.75) is 6.54 Å². The van der Waals surface area contributed by atoms with Gasteiger partial charge in [-0.3, -0.25) is 4.79 Å². The first-order valence-electron chi connectivity index (χ1n) is 9.26. The number of benzene rings is 2. The van der Waals surface area contributed by atoms with E-state index in [1.807, 2.05) is 41.3 Å². The van der Waals surface area contributed by atoms with E-state index in [0.717, 1.165) is 17.1 Å². The van der Waals surface area contributed by atoms with Crippen molar-refractivity contribution in [2.75, 3.05) is 4.90 Å². The molecule has 5 aromatic rings. The van der Waals surface area contributed by atoms with E-state index in [4.69, 9.17) is 4.42 Å². The van der Waals surface area contributed by atoms with Crippen molar-refractivity contribution in [2.24, 2.45) is 0 Å². The van der Waals surface area contributed by atoms with Gasteiger partial charge in [0.05, 0.1) is 23.7 Å². The van der Waals surface area contributed by atoms with Crippen LogP contribution in [-0.4, -0.2) is 9.97 Å². The molecule has 7 heteroatoms. The number of H-pyrrole nitrogens is 1. The van der Waals surface area contributed by atoms with E-state index in [-0.39, 0.29) is 12.1 Å². The van der Waals surface area contributed by atoms with Crippen molar-refractivity contribution in [1.82, 2.24) is 9.97 Å². The Kier molecular flexibility index (Phi) is 4.28. The standard InChI is InChI=1S/C23H15F2N3O2/c24-18-7-6-16-14(12-20(29)27-22(16)21(18)25)13-28(15-4-2-1-3-5-15)23-17-9-11-30-19(17)8-10-26-23/h1-12H,13H2,(H,27,29). The van der Waals surface area contributed by atoms with Crippen LogP contribution < -0.4 is 10.5 Å². The van der Waals surface area contributed by atoms with Gasteiger partial charge in [-0.25, -0.2) is 13.8 Å². The Morgan fingerprint density at radius 2 is 1.83 bits per heavy atom. The molecule has 0 amide bonds. The molecule has 5 nitrogen and oxygen atoms in total. The van der Waals surface area contributed by atoms with Gasteiger partial charge in [-0.05, 0) is 42.0 Å². The van der Waals surface area contributed by atoms with Crippen molar-refractivity contribution in [3.05, 3.63) is 101 Å². The molecule has 0 aliphatic carbocycles. The summed E-state index contributed by atoms with van der Waals surface area (Å²) < 4.78 is 33.5. The Hall–Kier alpha value is -4.00. The van der Waals surface area contributed by atoms with E-state index in [0.29, 0.717) is 22.4 Å². The Labute approximate surface area is 169 Å². The average molecular weight is 403 g/mol. The molecule has 148 valence electrons. The van der Waals surface area contributed by atoms with Crippen LogP contribution in [0.4, 0.5) is 20.3 Å². The van der Waals surface area contributed by atoms with Crippen LogP contribution in [-0.2, 0) is 6.54 Å². The van der Waals surface area contributed by atoms with E-state index in [2.05, 4.69) is 9.97 Å². The van der Waals surface area contributed by atoms with E-state index in [1.54, 1.807) is 18.5 Å². The number of halogens is 2. The predicted molar refractivity (Wildman–Crippen MR) is 111 cm³/mol. The van der Waals surface area contributed by atoms with Crippen LogP contribution in [0.5, 0.6) is 0 Å². The number of hydrogen-bond acceptors (Lipinski definition) is 4. The first-order valence-corrected chi connectivity index (χ1v) is 9.26. The number of aromatic nitrogens is 2. The minimum absolute atomic E-state index is 0.153. The SMILES string of the molecule is O=c1cc(CN(c2ccccc2)c2nccc3occc23)c2ccc(F)c(F)c2[nH]1. The average Bonchev–Trinajstić information content (AvgIpc) is 3.24. The Bertz CT molecular complexity index is 1430. The van der Waals surface area contributed by atoms with Crippen LogP contribution in [0.1, 0.15) is 5.56 Å². The molecule has 2 aromatic carbocycles. The van der Waals surface area contributed by atoms with E-state index < -0.39 is 17.2 Å². The summed E-state index contributed by atoms with van der Waals surface area (Å²) in [4.78, 5) is 21.0. The van der Waals surface area contributed by atoms with Crippen LogP contribution in [0, 0.1) is 11.6 Å². The summed E-state index contributed by atoms with van der Waals surface area (Å²) in [5.41, 5.74) is 1.38. The lowest BCUT2D eigenvalue weighted by Crippen LogP contribution is -2.20. The van der Waals surface area contributed by atoms with Crippen LogP contribution in [0.25, 0.3) is 21.9 Å². The van der Waals surface area contributed by atoms with E-state index >= 15 is 0 Å². The summed E-state index contributed by atoms with van der Waals surface area (Å²) >= 11 is 0. The summed E-state index contributed by atoms with van der Waals surface area (Å²) in [6, 6.07) is 17.0. The van der Waals surface area contributed by atoms with Gasteiger partial charge in [-0.2, -0.15) is 0 Å². The minimum atomic E-state index is -1.08. The van der Waals surface area contributed by atoms with Gasteiger partial charge in [-0.15, -0.1) is 0 Å². The highest BCUT2D eigenvalue weighted by atomic mass is 19.2. The second-order valence-electron chi connectivity index (χ2n) is 6.83. The summed E-state index contributed by atoms with van der Waals surface area (Å²) in [6.07, 6.45) is 3.22. The van der Waals surface area contributed by atoms with Gasteiger partial charge < -0.3 is 14.3 Å². The number of anilines is 2. The second kappa shape index (κ2) is 7.11. The van der Waals surface area contributed by atoms with Gasteiger partial charge in [0.25, 0.3) is 0 Å². The van der Waals surface area contributed by atoms with Crippen LogP contribution in [0.3, 0.4) is 0 Å². The first-order chi connectivity index (χ1) is 14.6. The molecule has 5 rings (SSSR count). The van der Waals surface area contributed by atoms with E-state index in [1.165, 1.54) is 12.1 Å². The lowest BCUT2D eigenvalue weighted by atomic mass is 10.1. The van der Waals surface area contributed by atoms with Gasteiger partial charge in [0.15, 0.2) is 11.6 Å². The summed E-state index contributed by atoms with van der Waals surface area (Å²) in [5, 5.41) is 1.22. The quantitative estimate of drug-likeness (QED) is 0.443. The number of hydrogen-bond donors (Lipinski definition) is 1. The summed E-state index contributed by atoms with van der Waals surface area (Å²) in [5.74, 6) is -1.46. The molecule has 0 radical (unpaired) electrons. The molecule has 30 heavy (non-hydrogen) atoms. The van der Waals surface area contributed by atoms with Gasteiger partial charge in [-0.1, -0.05) is 18.2 Å². The third-order valence-electron chi connectivity index (χ3n) is 5.01. The highest BCUT2D eigenvalue weighted by Crippen LogP contribution is 2.33. The van der Waals surface area contributed by atoms with Gasteiger partial charge in [0, 0.05) is 23.3 Å². The molecular formula is C23H15F2N3O2. The Morgan fingerprint density at radius 3 is 2.67 bits per heavy atom. The Balaban J connectivity index is 1.72. The molecule has 0 fully saturated rings. The number of para-hydroxylation sites is 1. The smallest absolute Gasteiger partial charge is 0.248 e. The number of nitrogens with zero attached hydrogens (tertiary/aromatic N) is 2. The normalized spacial score (nSPS) is 11.3. The maximum atomic E-state index is 14.3. The van der Waals surface area contributed by atoms with Crippen LogP contribution >= 0.6 is 0 Å². The van der Waals surface area contributed by atoms with Crippen molar-refractivity contribution >= 4 is 33.4 Å². The van der Waals surface area contributed by atoms with E-state index in [9.17, 15) is 13.6 Å². The zero-order valence-electron chi connectivity index (χ0n) is 15.6. The molecule has 0 aliphatic heterocycles. The number of nitrogens with one attached hydrogen (secondary N) is 1. The maximum absolute atomic E-state index is 14.3. The number of pyridine rings is 2. The fourth-order valence-corrected chi connectivity index (χ4v) is 3.63. The lowest BCUT2D eigenvalue weighted by Gasteiger charge is -2.25. The Morgan fingerprint density at radius 1 is 1.00 bits per heavy atom. The summed E-state index contributed by atoms with van der Waals surface area (Å²) in [7, 11) is 0. The zero-order valence-corrected chi connectivity index (χ0v) is 15.6. The first kappa shape index (κ1) is 18.1. The van der Waals surface area contributed by atoms with Gasteiger partial charge >= 0.3 is 0 Å². The number of rotatable bonds is 4. The van der Waals surface area contributed by atoms with Gasteiger partial charge in [0.2, 0.25) is 5.56 Å². The summed E-state index contributed by atoms with van der Waals surface area (Å²) in [6.45, 7) is 0.215. The van der Waals surface area contributed by atoms with Crippen LogP contribution in [0.2, 0.25) is 0 Å². The fourth-order valence-electron chi connectivity index (χ4n) is 3.63.